The number of hydrogen-bond donors (Lipinski definition) is 0. The van der Waals surface area contributed by atoms with Crippen LogP contribution in [0.15, 0.2) is 25.4 Å². The van der Waals surface area contributed by atoms with E-state index in [-0.39, 0.29) is 0 Å². The Hall–Kier alpha value is -1.37. The highest BCUT2D eigenvalue weighted by Gasteiger charge is 1.97. The zero-order chi connectivity index (χ0) is 8.27. The first kappa shape index (κ1) is 7.73. The summed E-state index contributed by atoms with van der Waals surface area (Å²) in [6, 6.07) is 1.93. The highest BCUT2D eigenvalue weighted by atomic mass is 14.7. The summed E-state index contributed by atoms with van der Waals surface area (Å²) in [5.41, 5.74) is 3.16. The van der Waals surface area contributed by atoms with Crippen LogP contribution in [0.2, 0.25) is 0 Å². The van der Waals surface area contributed by atoms with Crippen molar-refractivity contribution in [2.24, 2.45) is 0 Å². The van der Waals surface area contributed by atoms with Gasteiger partial charge in [-0.15, -0.1) is 0 Å². The molecule has 0 saturated heterocycles. The van der Waals surface area contributed by atoms with Crippen LogP contribution < -0.4 is 0 Å². The first-order valence-corrected chi connectivity index (χ1v) is 3.50. The van der Waals surface area contributed by atoms with E-state index in [0.717, 1.165) is 16.8 Å². The SMILES string of the molecule is C=Cc1ccnc(C)c1C=C. The van der Waals surface area contributed by atoms with E-state index in [4.69, 9.17) is 0 Å². The summed E-state index contributed by atoms with van der Waals surface area (Å²) in [5.74, 6) is 0. The maximum Gasteiger partial charge on any atom is 0.0450 e. The van der Waals surface area contributed by atoms with Crippen molar-refractivity contribution in [3.63, 3.8) is 0 Å². The molecule has 11 heavy (non-hydrogen) atoms. The molecule has 1 aromatic rings. The monoisotopic (exact) mass is 145 g/mol. The van der Waals surface area contributed by atoms with Gasteiger partial charge < -0.3 is 0 Å². The molecule has 1 heterocycles. The Bertz CT molecular complexity index is 287. The molecule has 0 spiro atoms. The van der Waals surface area contributed by atoms with Crippen molar-refractivity contribution in [1.82, 2.24) is 4.98 Å². The van der Waals surface area contributed by atoms with Gasteiger partial charge in [-0.3, -0.25) is 4.98 Å². The maximum atomic E-state index is 4.14. The van der Waals surface area contributed by atoms with Crippen LogP contribution in [0.5, 0.6) is 0 Å². The first-order valence-electron chi connectivity index (χ1n) is 3.50. The van der Waals surface area contributed by atoms with Crippen molar-refractivity contribution in [2.45, 2.75) is 6.92 Å². The second kappa shape index (κ2) is 3.15. The number of aryl methyl sites for hydroxylation is 1. The van der Waals surface area contributed by atoms with Gasteiger partial charge in [-0.1, -0.05) is 25.3 Å². The summed E-state index contributed by atoms with van der Waals surface area (Å²) < 4.78 is 0. The van der Waals surface area contributed by atoms with Crippen molar-refractivity contribution >= 4 is 12.2 Å². The molecular formula is C10H11N. The molecule has 1 aromatic heterocycles. The third-order valence-corrected chi connectivity index (χ3v) is 1.65. The fraction of sp³-hybridized carbons (Fsp3) is 0.100. The Morgan fingerprint density at radius 2 is 2.09 bits per heavy atom. The molecule has 0 aliphatic rings. The van der Waals surface area contributed by atoms with E-state index in [1.807, 2.05) is 19.1 Å². The molecule has 0 N–H and O–H groups in total. The highest BCUT2D eigenvalue weighted by molar-refractivity contribution is 5.64. The third kappa shape index (κ3) is 1.37. The lowest BCUT2D eigenvalue weighted by Gasteiger charge is -2.02. The first-order chi connectivity index (χ1) is 5.29. The Morgan fingerprint density at radius 1 is 1.36 bits per heavy atom. The average Bonchev–Trinajstić information content (AvgIpc) is 2.04. The van der Waals surface area contributed by atoms with E-state index in [1.54, 1.807) is 12.3 Å². The van der Waals surface area contributed by atoms with E-state index in [1.165, 1.54) is 0 Å². The standard InChI is InChI=1S/C10H11N/c1-4-9-6-7-11-8(3)10(9)5-2/h4-7H,1-2H2,3H3. The van der Waals surface area contributed by atoms with E-state index in [9.17, 15) is 0 Å². The van der Waals surface area contributed by atoms with Crippen LogP contribution in [0.3, 0.4) is 0 Å². The largest absolute Gasteiger partial charge is 0.261 e. The summed E-state index contributed by atoms with van der Waals surface area (Å²) in [7, 11) is 0. The van der Waals surface area contributed by atoms with Gasteiger partial charge in [-0.05, 0) is 18.6 Å². The Labute approximate surface area is 67.1 Å². The Morgan fingerprint density at radius 3 is 2.55 bits per heavy atom. The van der Waals surface area contributed by atoms with E-state index >= 15 is 0 Å². The molecule has 0 amide bonds. The minimum Gasteiger partial charge on any atom is -0.261 e. The number of rotatable bonds is 2. The molecule has 0 saturated carbocycles. The van der Waals surface area contributed by atoms with Gasteiger partial charge in [-0.2, -0.15) is 0 Å². The van der Waals surface area contributed by atoms with Crippen molar-refractivity contribution < 1.29 is 0 Å². The lowest BCUT2D eigenvalue weighted by molar-refractivity contribution is 1.18. The van der Waals surface area contributed by atoms with Gasteiger partial charge in [0, 0.05) is 17.5 Å². The van der Waals surface area contributed by atoms with Gasteiger partial charge in [0.15, 0.2) is 0 Å². The summed E-state index contributed by atoms with van der Waals surface area (Å²) in [6.45, 7) is 9.38. The summed E-state index contributed by atoms with van der Waals surface area (Å²) in [6.07, 6.45) is 5.39. The zero-order valence-corrected chi connectivity index (χ0v) is 6.67. The van der Waals surface area contributed by atoms with Gasteiger partial charge in [0.1, 0.15) is 0 Å². The van der Waals surface area contributed by atoms with Crippen LogP contribution in [0.25, 0.3) is 12.2 Å². The fourth-order valence-electron chi connectivity index (χ4n) is 1.04. The van der Waals surface area contributed by atoms with Crippen LogP contribution in [0.1, 0.15) is 16.8 Å². The second-order valence-electron chi connectivity index (χ2n) is 2.31. The maximum absolute atomic E-state index is 4.14. The predicted molar refractivity (Wildman–Crippen MR) is 49.2 cm³/mol. The lowest BCUT2D eigenvalue weighted by Crippen LogP contribution is -1.88. The molecule has 0 fully saturated rings. The summed E-state index contributed by atoms with van der Waals surface area (Å²) >= 11 is 0. The average molecular weight is 145 g/mol. The molecule has 1 rings (SSSR count). The number of nitrogens with zero attached hydrogens (tertiary/aromatic N) is 1. The molecule has 0 radical (unpaired) electrons. The minimum absolute atomic E-state index is 0.998. The summed E-state index contributed by atoms with van der Waals surface area (Å²) in [4.78, 5) is 4.14. The van der Waals surface area contributed by atoms with Gasteiger partial charge in [0.2, 0.25) is 0 Å². The number of aromatic nitrogens is 1. The van der Waals surface area contributed by atoms with Crippen molar-refractivity contribution in [3.05, 3.63) is 42.2 Å². The molecule has 0 aliphatic carbocycles. The summed E-state index contributed by atoms with van der Waals surface area (Å²) in [5, 5.41) is 0. The smallest absolute Gasteiger partial charge is 0.0450 e. The lowest BCUT2D eigenvalue weighted by atomic mass is 10.1. The van der Waals surface area contributed by atoms with Crippen LogP contribution in [0.4, 0.5) is 0 Å². The van der Waals surface area contributed by atoms with Crippen molar-refractivity contribution in [2.75, 3.05) is 0 Å². The van der Waals surface area contributed by atoms with E-state index < -0.39 is 0 Å². The quantitative estimate of drug-likeness (QED) is 0.623. The van der Waals surface area contributed by atoms with Gasteiger partial charge >= 0.3 is 0 Å². The zero-order valence-electron chi connectivity index (χ0n) is 6.67. The van der Waals surface area contributed by atoms with Crippen LogP contribution in [-0.4, -0.2) is 4.98 Å². The van der Waals surface area contributed by atoms with Crippen LogP contribution in [-0.2, 0) is 0 Å². The van der Waals surface area contributed by atoms with Gasteiger partial charge in [0.25, 0.3) is 0 Å². The molecular weight excluding hydrogens is 134 g/mol. The Balaban J connectivity index is 3.35. The van der Waals surface area contributed by atoms with Crippen molar-refractivity contribution in [1.29, 1.82) is 0 Å². The Kier molecular flexibility index (Phi) is 2.21. The van der Waals surface area contributed by atoms with Gasteiger partial charge in [0.05, 0.1) is 0 Å². The second-order valence-corrected chi connectivity index (χ2v) is 2.31. The minimum atomic E-state index is 0.998. The van der Waals surface area contributed by atoms with E-state index in [2.05, 4.69) is 18.1 Å². The number of hydrogen-bond acceptors (Lipinski definition) is 1. The predicted octanol–water partition coefficient (Wildman–Crippen LogP) is 2.68. The molecule has 0 aromatic carbocycles. The molecule has 0 unspecified atom stereocenters. The molecule has 0 aliphatic heterocycles. The van der Waals surface area contributed by atoms with Crippen molar-refractivity contribution in [3.8, 4) is 0 Å². The highest BCUT2D eigenvalue weighted by Crippen LogP contribution is 2.13. The van der Waals surface area contributed by atoms with E-state index in [0.29, 0.717) is 0 Å². The molecule has 0 atom stereocenters. The van der Waals surface area contributed by atoms with Crippen LogP contribution in [0, 0.1) is 6.92 Å². The molecule has 1 heteroatoms. The topological polar surface area (TPSA) is 12.9 Å². The third-order valence-electron chi connectivity index (χ3n) is 1.65. The molecule has 1 nitrogen and oxygen atoms in total. The fourth-order valence-corrected chi connectivity index (χ4v) is 1.04. The molecule has 56 valence electrons. The van der Waals surface area contributed by atoms with Gasteiger partial charge in [-0.25, -0.2) is 0 Å². The van der Waals surface area contributed by atoms with Crippen LogP contribution >= 0.6 is 0 Å². The number of pyridine rings is 1. The normalized spacial score (nSPS) is 9.18. The molecule has 0 bridgehead atoms.